The molecule has 0 aliphatic heterocycles. The van der Waals surface area contributed by atoms with Crippen molar-refractivity contribution in [2.45, 2.75) is 12.8 Å². The van der Waals surface area contributed by atoms with Crippen molar-refractivity contribution in [2.75, 3.05) is 13.6 Å². The maximum atomic E-state index is 12.1. The molecule has 110 valence electrons. The number of aliphatic carboxylic acids is 1. The van der Waals surface area contributed by atoms with E-state index in [2.05, 4.69) is 10.1 Å². The molecule has 0 saturated heterocycles. The van der Waals surface area contributed by atoms with Gasteiger partial charge in [0.15, 0.2) is 11.5 Å². The molecule has 1 N–H and O–H groups in total. The van der Waals surface area contributed by atoms with Gasteiger partial charge in [0.2, 0.25) is 0 Å². The lowest BCUT2D eigenvalue weighted by molar-refractivity contribution is -0.137. The summed E-state index contributed by atoms with van der Waals surface area (Å²) >= 11 is 0. The Labute approximate surface area is 121 Å². The number of aromatic nitrogens is 2. The highest BCUT2D eigenvalue weighted by Gasteiger charge is 2.17. The van der Waals surface area contributed by atoms with Crippen molar-refractivity contribution in [3.8, 4) is 11.3 Å². The van der Waals surface area contributed by atoms with Crippen LogP contribution >= 0.6 is 0 Å². The number of carbonyl (C=O) groups is 2. The van der Waals surface area contributed by atoms with Gasteiger partial charge in [0.25, 0.3) is 5.91 Å². The summed E-state index contributed by atoms with van der Waals surface area (Å²) in [6.45, 7) is 0.347. The van der Waals surface area contributed by atoms with Gasteiger partial charge in [-0.2, -0.15) is 0 Å². The molecular formula is C14H15N3O4. The van der Waals surface area contributed by atoms with Gasteiger partial charge in [-0.15, -0.1) is 0 Å². The molecule has 7 nitrogen and oxygen atoms in total. The van der Waals surface area contributed by atoms with E-state index in [1.807, 2.05) is 0 Å². The molecule has 0 saturated carbocycles. The Morgan fingerprint density at radius 3 is 2.90 bits per heavy atom. The first kappa shape index (κ1) is 14.7. The molecule has 0 bridgehead atoms. The Morgan fingerprint density at radius 1 is 1.43 bits per heavy atom. The second-order valence-corrected chi connectivity index (χ2v) is 4.54. The maximum absolute atomic E-state index is 12.1. The summed E-state index contributed by atoms with van der Waals surface area (Å²) in [7, 11) is 1.60. The SMILES string of the molecule is CN(CCCC(=O)O)C(=O)c1cc(-c2cccnc2)on1. The molecule has 0 atom stereocenters. The lowest BCUT2D eigenvalue weighted by Gasteiger charge is -2.14. The van der Waals surface area contributed by atoms with Crippen LogP contribution in [0.15, 0.2) is 35.1 Å². The zero-order chi connectivity index (χ0) is 15.2. The van der Waals surface area contributed by atoms with E-state index >= 15 is 0 Å². The van der Waals surface area contributed by atoms with E-state index in [9.17, 15) is 9.59 Å². The van der Waals surface area contributed by atoms with Crippen molar-refractivity contribution >= 4 is 11.9 Å². The van der Waals surface area contributed by atoms with Crippen LogP contribution in [0.2, 0.25) is 0 Å². The predicted octanol–water partition coefficient (Wildman–Crippen LogP) is 1.67. The lowest BCUT2D eigenvalue weighted by atomic mass is 10.2. The van der Waals surface area contributed by atoms with Crippen molar-refractivity contribution in [3.05, 3.63) is 36.3 Å². The summed E-state index contributed by atoms with van der Waals surface area (Å²) in [5, 5.41) is 12.3. The average molecular weight is 289 g/mol. The highest BCUT2D eigenvalue weighted by Crippen LogP contribution is 2.19. The summed E-state index contributed by atoms with van der Waals surface area (Å²) in [6, 6.07) is 5.11. The summed E-state index contributed by atoms with van der Waals surface area (Å²) < 4.78 is 5.13. The first-order valence-electron chi connectivity index (χ1n) is 6.42. The van der Waals surface area contributed by atoms with Gasteiger partial charge in [0, 0.05) is 44.0 Å². The van der Waals surface area contributed by atoms with Gasteiger partial charge in [-0.3, -0.25) is 14.6 Å². The number of carboxylic acids is 1. The van der Waals surface area contributed by atoms with Gasteiger partial charge in [0.1, 0.15) is 0 Å². The summed E-state index contributed by atoms with van der Waals surface area (Å²) in [4.78, 5) is 27.9. The van der Waals surface area contributed by atoms with Crippen molar-refractivity contribution < 1.29 is 19.2 Å². The molecule has 0 unspecified atom stereocenters. The molecule has 2 aromatic rings. The standard InChI is InChI=1S/C14H15N3O4/c1-17(7-3-5-13(18)19)14(20)11-8-12(21-16-11)10-4-2-6-15-9-10/h2,4,6,8-9H,3,5,7H2,1H3,(H,18,19). The van der Waals surface area contributed by atoms with Crippen molar-refractivity contribution in [1.82, 2.24) is 15.0 Å². The molecule has 2 rings (SSSR count). The van der Waals surface area contributed by atoms with Gasteiger partial charge < -0.3 is 14.5 Å². The summed E-state index contributed by atoms with van der Waals surface area (Å²) in [6.07, 6.45) is 3.68. The van der Waals surface area contributed by atoms with Crippen molar-refractivity contribution in [3.63, 3.8) is 0 Å². The monoisotopic (exact) mass is 289 g/mol. The Balaban J connectivity index is 2.00. The fraction of sp³-hybridized carbons (Fsp3) is 0.286. The smallest absolute Gasteiger partial charge is 0.303 e. The highest BCUT2D eigenvalue weighted by atomic mass is 16.5. The molecule has 2 aromatic heterocycles. The topological polar surface area (TPSA) is 96.5 Å². The molecule has 21 heavy (non-hydrogen) atoms. The molecule has 0 aromatic carbocycles. The second-order valence-electron chi connectivity index (χ2n) is 4.54. The average Bonchev–Trinajstić information content (AvgIpc) is 2.96. The number of rotatable bonds is 6. The maximum Gasteiger partial charge on any atom is 0.303 e. The van der Waals surface area contributed by atoms with Gasteiger partial charge in [-0.1, -0.05) is 5.16 Å². The number of carbonyl (C=O) groups excluding carboxylic acids is 1. The van der Waals surface area contributed by atoms with Crippen LogP contribution in [0.3, 0.4) is 0 Å². The first-order chi connectivity index (χ1) is 10.1. The third kappa shape index (κ3) is 3.88. The van der Waals surface area contributed by atoms with Crippen LogP contribution in [0.5, 0.6) is 0 Å². The van der Waals surface area contributed by atoms with E-state index < -0.39 is 5.97 Å². The van der Waals surface area contributed by atoms with Gasteiger partial charge >= 0.3 is 5.97 Å². The van der Waals surface area contributed by atoms with Crippen LogP contribution in [0, 0.1) is 0 Å². The molecule has 0 fully saturated rings. The molecule has 2 heterocycles. The van der Waals surface area contributed by atoms with Gasteiger partial charge in [0.05, 0.1) is 0 Å². The van der Waals surface area contributed by atoms with Crippen LogP contribution < -0.4 is 0 Å². The van der Waals surface area contributed by atoms with Crippen LogP contribution in [0.25, 0.3) is 11.3 Å². The fourth-order valence-electron chi connectivity index (χ4n) is 1.79. The minimum atomic E-state index is -0.879. The summed E-state index contributed by atoms with van der Waals surface area (Å²) in [5.74, 6) is -0.721. The third-order valence-corrected chi connectivity index (χ3v) is 2.91. The number of nitrogens with zero attached hydrogens (tertiary/aromatic N) is 3. The Bertz CT molecular complexity index is 624. The zero-order valence-electron chi connectivity index (χ0n) is 11.5. The van der Waals surface area contributed by atoms with Crippen molar-refractivity contribution in [1.29, 1.82) is 0 Å². The Kier molecular flexibility index (Phi) is 4.65. The number of amides is 1. The Hall–Kier alpha value is -2.70. The van der Waals surface area contributed by atoms with Gasteiger partial charge in [-0.25, -0.2) is 0 Å². The number of hydrogen-bond acceptors (Lipinski definition) is 5. The molecule has 1 amide bonds. The van der Waals surface area contributed by atoms with Crippen molar-refractivity contribution in [2.24, 2.45) is 0 Å². The quantitative estimate of drug-likeness (QED) is 0.869. The number of hydrogen-bond donors (Lipinski definition) is 1. The zero-order valence-corrected chi connectivity index (χ0v) is 11.5. The minimum Gasteiger partial charge on any atom is -0.481 e. The number of carboxylic acid groups (broad SMARTS) is 1. The molecule has 7 heteroatoms. The molecule has 0 aliphatic rings. The summed E-state index contributed by atoms with van der Waals surface area (Å²) in [5.41, 5.74) is 0.921. The lowest BCUT2D eigenvalue weighted by Crippen LogP contribution is -2.28. The molecular weight excluding hydrogens is 274 g/mol. The van der Waals surface area contributed by atoms with Crippen LogP contribution in [-0.4, -0.2) is 45.6 Å². The fourth-order valence-corrected chi connectivity index (χ4v) is 1.79. The first-order valence-corrected chi connectivity index (χ1v) is 6.42. The van der Waals surface area contributed by atoms with Crippen LogP contribution in [0.4, 0.5) is 0 Å². The largest absolute Gasteiger partial charge is 0.481 e. The molecule has 0 aliphatic carbocycles. The Morgan fingerprint density at radius 2 is 2.24 bits per heavy atom. The predicted molar refractivity (Wildman–Crippen MR) is 73.6 cm³/mol. The second kappa shape index (κ2) is 6.65. The molecule has 0 radical (unpaired) electrons. The van der Waals surface area contributed by atoms with E-state index in [-0.39, 0.29) is 18.0 Å². The van der Waals surface area contributed by atoms with Gasteiger partial charge in [-0.05, 0) is 18.6 Å². The van der Waals surface area contributed by atoms with E-state index in [4.69, 9.17) is 9.63 Å². The third-order valence-electron chi connectivity index (χ3n) is 2.91. The molecule has 0 spiro atoms. The van der Waals surface area contributed by atoms with Crippen LogP contribution in [0.1, 0.15) is 23.3 Å². The normalized spacial score (nSPS) is 10.3. The minimum absolute atomic E-state index is 0.0252. The van der Waals surface area contributed by atoms with E-state index in [1.54, 1.807) is 37.6 Å². The van der Waals surface area contributed by atoms with E-state index in [0.29, 0.717) is 18.7 Å². The van der Waals surface area contributed by atoms with E-state index in [0.717, 1.165) is 5.56 Å². The van der Waals surface area contributed by atoms with E-state index in [1.165, 1.54) is 4.90 Å². The highest BCUT2D eigenvalue weighted by molar-refractivity contribution is 5.92. The van der Waals surface area contributed by atoms with Crippen LogP contribution in [-0.2, 0) is 4.79 Å². The number of pyridine rings is 1.